The molecular weight excluding hydrogens is 255 g/mol. The third-order valence-electron chi connectivity index (χ3n) is 2.19. The number of carbonyl (C=O) groups excluding carboxylic acids is 1. The Hall–Kier alpha value is -0.220. The molecule has 0 rings (SSSR count). The first kappa shape index (κ1) is 17.8. The molecule has 108 valence electrons. The average Bonchev–Trinajstić information content (AvgIpc) is 2.36. The summed E-state index contributed by atoms with van der Waals surface area (Å²) in [5, 5.41) is 0. The highest BCUT2D eigenvalue weighted by Gasteiger charge is 2.08. The van der Waals surface area contributed by atoms with Crippen molar-refractivity contribution in [1.82, 2.24) is 0 Å². The maximum atomic E-state index is 11.2. The number of rotatable bonds is 12. The Balaban J connectivity index is 3.17. The van der Waals surface area contributed by atoms with Crippen molar-refractivity contribution >= 4 is 15.4 Å². The van der Waals surface area contributed by atoms with E-state index in [9.17, 15) is 4.79 Å². The Kier molecular flexibility index (Phi) is 13.1. The second kappa shape index (κ2) is 13.2. The summed E-state index contributed by atoms with van der Waals surface area (Å²) in [7, 11) is 2.13. The van der Waals surface area contributed by atoms with Gasteiger partial charge in [0, 0.05) is 16.1 Å². The second-order valence-corrected chi connectivity index (χ2v) is 4.22. The summed E-state index contributed by atoms with van der Waals surface area (Å²) < 4.78 is 20.4. The van der Waals surface area contributed by atoms with Crippen LogP contribution in [0.3, 0.4) is 0 Å². The molecule has 0 spiro atoms. The van der Waals surface area contributed by atoms with Crippen LogP contribution in [0, 0.1) is 0 Å². The van der Waals surface area contributed by atoms with Crippen LogP contribution in [-0.2, 0) is 23.5 Å². The zero-order valence-electron chi connectivity index (χ0n) is 11.4. The van der Waals surface area contributed by atoms with Crippen LogP contribution in [0.1, 0.15) is 33.1 Å². The SMILES string of the molecule is CCCCOCCOCCOC(=O)CC(C)OP. The maximum absolute atomic E-state index is 11.2. The Morgan fingerprint density at radius 2 is 1.72 bits per heavy atom. The van der Waals surface area contributed by atoms with Gasteiger partial charge in [0.1, 0.15) is 6.61 Å². The molecule has 5 nitrogen and oxygen atoms in total. The summed E-state index contributed by atoms with van der Waals surface area (Å²) in [6.45, 7) is 6.51. The Morgan fingerprint density at radius 1 is 1.11 bits per heavy atom. The van der Waals surface area contributed by atoms with Crippen molar-refractivity contribution in [2.75, 3.05) is 33.0 Å². The third-order valence-corrected chi connectivity index (χ3v) is 2.66. The molecular formula is C12H25O5P. The van der Waals surface area contributed by atoms with E-state index < -0.39 is 0 Å². The Bertz CT molecular complexity index is 201. The number of carbonyl (C=O) groups is 1. The van der Waals surface area contributed by atoms with Crippen molar-refractivity contribution in [3.8, 4) is 0 Å². The highest BCUT2D eigenvalue weighted by molar-refractivity contribution is 7.09. The first-order valence-corrected chi connectivity index (χ1v) is 6.84. The summed E-state index contributed by atoms with van der Waals surface area (Å²) in [4.78, 5) is 11.2. The second-order valence-electron chi connectivity index (χ2n) is 3.95. The minimum absolute atomic E-state index is 0.143. The lowest BCUT2D eigenvalue weighted by atomic mass is 10.3. The molecule has 0 amide bonds. The number of unbranched alkanes of at least 4 members (excludes halogenated alkanes) is 1. The van der Waals surface area contributed by atoms with E-state index in [1.807, 2.05) is 0 Å². The van der Waals surface area contributed by atoms with E-state index in [-0.39, 0.29) is 25.1 Å². The van der Waals surface area contributed by atoms with E-state index in [4.69, 9.17) is 18.7 Å². The van der Waals surface area contributed by atoms with Gasteiger partial charge in [-0.2, -0.15) is 0 Å². The summed E-state index contributed by atoms with van der Waals surface area (Å²) in [6.07, 6.45) is 2.32. The molecule has 6 heteroatoms. The van der Waals surface area contributed by atoms with Crippen LogP contribution in [0.15, 0.2) is 0 Å². The molecule has 2 atom stereocenters. The first-order chi connectivity index (χ1) is 8.70. The molecule has 2 unspecified atom stereocenters. The predicted molar refractivity (Wildman–Crippen MR) is 72.4 cm³/mol. The van der Waals surface area contributed by atoms with Crippen molar-refractivity contribution in [3.05, 3.63) is 0 Å². The summed E-state index contributed by atoms with van der Waals surface area (Å²) in [5.74, 6) is -0.271. The Labute approximate surface area is 112 Å². The molecule has 0 aromatic heterocycles. The van der Waals surface area contributed by atoms with Gasteiger partial charge in [0.2, 0.25) is 0 Å². The molecule has 0 aliphatic rings. The largest absolute Gasteiger partial charge is 0.463 e. The molecule has 0 radical (unpaired) electrons. The van der Waals surface area contributed by atoms with Crippen molar-refractivity contribution < 1.29 is 23.5 Å². The first-order valence-electron chi connectivity index (χ1n) is 6.37. The van der Waals surface area contributed by atoms with Gasteiger partial charge in [-0.3, -0.25) is 4.79 Å². The van der Waals surface area contributed by atoms with E-state index in [0.29, 0.717) is 19.8 Å². The van der Waals surface area contributed by atoms with Gasteiger partial charge < -0.3 is 18.7 Å². The van der Waals surface area contributed by atoms with Gasteiger partial charge in [0.15, 0.2) is 0 Å². The van der Waals surface area contributed by atoms with Crippen molar-refractivity contribution in [2.45, 2.75) is 39.2 Å². The van der Waals surface area contributed by atoms with Crippen molar-refractivity contribution in [2.24, 2.45) is 0 Å². The van der Waals surface area contributed by atoms with E-state index in [1.165, 1.54) is 0 Å². The lowest BCUT2D eigenvalue weighted by Crippen LogP contribution is -2.16. The topological polar surface area (TPSA) is 54.0 Å². The van der Waals surface area contributed by atoms with Crippen LogP contribution >= 0.6 is 9.47 Å². The highest BCUT2D eigenvalue weighted by atomic mass is 31.0. The van der Waals surface area contributed by atoms with E-state index in [0.717, 1.165) is 19.4 Å². The lowest BCUT2D eigenvalue weighted by Gasteiger charge is -2.09. The number of hydrogen-bond donors (Lipinski definition) is 0. The smallest absolute Gasteiger partial charge is 0.308 e. The standard InChI is InChI=1S/C12H25O5P/c1-3-4-5-14-6-7-15-8-9-16-12(13)10-11(2)17-18/h11H,3-10,18H2,1-2H3. The van der Waals surface area contributed by atoms with Gasteiger partial charge in [-0.25, -0.2) is 0 Å². The van der Waals surface area contributed by atoms with E-state index in [1.54, 1.807) is 6.92 Å². The molecule has 0 N–H and O–H groups in total. The van der Waals surface area contributed by atoms with Gasteiger partial charge in [-0.05, 0) is 13.3 Å². The molecule has 18 heavy (non-hydrogen) atoms. The Morgan fingerprint density at radius 3 is 2.33 bits per heavy atom. The molecule has 0 aromatic carbocycles. The molecule has 0 saturated heterocycles. The molecule has 0 aromatic rings. The van der Waals surface area contributed by atoms with Gasteiger partial charge >= 0.3 is 5.97 Å². The van der Waals surface area contributed by atoms with Crippen molar-refractivity contribution in [1.29, 1.82) is 0 Å². The zero-order valence-corrected chi connectivity index (χ0v) is 12.5. The fraction of sp³-hybridized carbons (Fsp3) is 0.917. The number of esters is 1. The summed E-state index contributed by atoms with van der Waals surface area (Å²) >= 11 is 0. The normalized spacial score (nSPS) is 12.4. The molecule has 0 heterocycles. The minimum atomic E-state index is -0.271. The molecule has 0 fully saturated rings. The van der Waals surface area contributed by atoms with E-state index in [2.05, 4.69) is 16.4 Å². The van der Waals surface area contributed by atoms with Gasteiger partial charge in [-0.1, -0.05) is 13.3 Å². The summed E-state index contributed by atoms with van der Waals surface area (Å²) in [6, 6.07) is 0. The molecule has 0 saturated carbocycles. The molecule has 0 bridgehead atoms. The fourth-order valence-electron chi connectivity index (χ4n) is 1.12. The minimum Gasteiger partial charge on any atom is -0.463 e. The van der Waals surface area contributed by atoms with Gasteiger partial charge in [0.25, 0.3) is 0 Å². The highest BCUT2D eigenvalue weighted by Crippen LogP contribution is 2.02. The van der Waals surface area contributed by atoms with Gasteiger partial charge in [0.05, 0.1) is 32.3 Å². The van der Waals surface area contributed by atoms with Crippen LogP contribution < -0.4 is 0 Å². The van der Waals surface area contributed by atoms with Crippen LogP contribution in [0.5, 0.6) is 0 Å². The fourth-order valence-corrected chi connectivity index (χ4v) is 1.22. The third kappa shape index (κ3) is 12.2. The van der Waals surface area contributed by atoms with Crippen LogP contribution in [-0.4, -0.2) is 45.1 Å². The summed E-state index contributed by atoms with van der Waals surface area (Å²) in [5.41, 5.74) is 0. The predicted octanol–water partition coefficient (Wildman–Crippen LogP) is 1.95. The lowest BCUT2D eigenvalue weighted by molar-refractivity contribution is -0.146. The average molecular weight is 280 g/mol. The van der Waals surface area contributed by atoms with Crippen LogP contribution in [0.25, 0.3) is 0 Å². The molecule has 0 aliphatic heterocycles. The van der Waals surface area contributed by atoms with Crippen LogP contribution in [0.4, 0.5) is 0 Å². The van der Waals surface area contributed by atoms with Gasteiger partial charge in [-0.15, -0.1) is 0 Å². The quantitative estimate of drug-likeness (QED) is 0.311. The monoisotopic (exact) mass is 280 g/mol. The molecule has 0 aliphatic carbocycles. The number of hydrogen-bond acceptors (Lipinski definition) is 5. The van der Waals surface area contributed by atoms with Crippen molar-refractivity contribution in [3.63, 3.8) is 0 Å². The van der Waals surface area contributed by atoms with E-state index >= 15 is 0 Å². The number of ether oxygens (including phenoxy) is 3. The van der Waals surface area contributed by atoms with Crippen LogP contribution in [0.2, 0.25) is 0 Å². The maximum Gasteiger partial charge on any atom is 0.308 e. The zero-order chi connectivity index (χ0) is 13.6.